The lowest BCUT2D eigenvalue weighted by Gasteiger charge is -2.60. The molecule has 3 heteroatoms. The highest BCUT2D eigenvalue weighted by Crippen LogP contribution is 2.65. The van der Waals surface area contributed by atoms with Crippen molar-refractivity contribution in [1.82, 2.24) is 0 Å². The third kappa shape index (κ3) is 4.69. The van der Waals surface area contributed by atoms with E-state index in [4.69, 9.17) is 4.74 Å². The molecule has 0 aromatic heterocycles. The van der Waals surface area contributed by atoms with Crippen LogP contribution in [0.2, 0.25) is 0 Å². The van der Waals surface area contributed by atoms with Gasteiger partial charge >= 0.3 is 5.97 Å². The van der Waals surface area contributed by atoms with Gasteiger partial charge in [0, 0.05) is 18.3 Å². The number of carbonyl (C=O) groups excluding carboxylic acids is 2. The maximum absolute atomic E-state index is 12.6. The average molecular weight is 445 g/mol. The molecule has 32 heavy (non-hydrogen) atoms. The van der Waals surface area contributed by atoms with Crippen LogP contribution >= 0.6 is 0 Å². The summed E-state index contributed by atoms with van der Waals surface area (Å²) in [5, 5.41) is 0. The molecule has 0 unspecified atom stereocenters. The minimum atomic E-state index is -0.0207. The maximum Gasteiger partial charge on any atom is 0.306 e. The van der Waals surface area contributed by atoms with Gasteiger partial charge in [0.05, 0.1) is 0 Å². The van der Waals surface area contributed by atoms with Gasteiger partial charge in [-0.05, 0) is 86.9 Å². The lowest BCUT2D eigenvalue weighted by molar-refractivity contribution is -0.162. The molecule has 0 radical (unpaired) electrons. The van der Waals surface area contributed by atoms with E-state index in [1.807, 2.05) is 0 Å². The second-order valence-corrected chi connectivity index (χ2v) is 12.3. The van der Waals surface area contributed by atoms with Crippen molar-refractivity contribution in [3.63, 3.8) is 0 Å². The Balaban J connectivity index is 1.24. The van der Waals surface area contributed by atoms with Crippen LogP contribution < -0.4 is 0 Å². The predicted octanol–water partition coefficient (Wildman–Crippen LogP) is 7.65. The second-order valence-electron chi connectivity index (χ2n) is 12.3. The van der Waals surface area contributed by atoms with Crippen LogP contribution in [0, 0.1) is 34.5 Å². The normalized spacial score (nSPS) is 41.0. The summed E-state index contributed by atoms with van der Waals surface area (Å²) >= 11 is 0. The number of fused-ring (bicyclic) bond motifs is 5. The van der Waals surface area contributed by atoms with Gasteiger partial charge in [-0.2, -0.15) is 0 Å². The molecule has 0 N–H and O–H groups in total. The first-order valence-corrected chi connectivity index (χ1v) is 14.1. The third-order valence-corrected chi connectivity index (χ3v) is 10.6. The summed E-state index contributed by atoms with van der Waals surface area (Å²) in [4.78, 5) is 25.1. The Morgan fingerprint density at radius 2 is 1.66 bits per heavy atom. The zero-order chi connectivity index (χ0) is 22.8. The molecule has 7 atom stereocenters. The van der Waals surface area contributed by atoms with E-state index in [0.29, 0.717) is 29.5 Å². The van der Waals surface area contributed by atoms with Crippen molar-refractivity contribution in [3.05, 3.63) is 0 Å². The molecule has 4 saturated carbocycles. The Hall–Kier alpha value is -0.860. The summed E-state index contributed by atoms with van der Waals surface area (Å²) in [6, 6.07) is 0. The number of ketones is 1. The molecule has 3 nitrogen and oxygen atoms in total. The SMILES string of the molecule is CCCCCCCCCC(=O)O[C@@H]1CC[C@@]2(C)[C@@H](CC[C@@H]3[C@H]4CCC(=O)[C@@]4(C)CC[C@@H]32)C1. The Kier molecular flexibility index (Phi) is 7.72. The first kappa shape index (κ1) is 24.3. The molecule has 4 rings (SSSR count). The van der Waals surface area contributed by atoms with E-state index >= 15 is 0 Å². The van der Waals surface area contributed by atoms with Gasteiger partial charge in [0.1, 0.15) is 11.9 Å². The lowest BCUT2D eigenvalue weighted by atomic mass is 9.45. The third-order valence-electron chi connectivity index (χ3n) is 10.6. The van der Waals surface area contributed by atoms with Crippen LogP contribution in [0.4, 0.5) is 0 Å². The number of esters is 1. The number of carbonyl (C=O) groups is 2. The summed E-state index contributed by atoms with van der Waals surface area (Å²) in [6.45, 7) is 7.07. The van der Waals surface area contributed by atoms with Crippen molar-refractivity contribution in [2.75, 3.05) is 0 Å². The van der Waals surface area contributed by atoms with Crippen LogP contribution in [0.25, 0.3) is 0 Å². The largest absolute Gasteiger partial charge is 0.462 e. The summed E-state index contributed by atoms with van der Waals surface area (Å²) < 4.78 is 5.98. The topological polar surface area (TPSA) is 43.4 Å². The lowest BCUT2D eigenvalue weighted by Crippen LogP contribution is -2.54. The molecule has 0 heterocycles. The molecule has 0 bridgehead atoms. The van der Waals surface area contributed by atoms with Crippen LogP contribution in [-0.2, 0) is 14.3 Å². The van der Waals surface area contributed by atoms with E-state index in [2.05, 4.69) is 20.8 Å². The van der Waals surface area contributed by atoms with E-state index in [1.165, 1.54) is 57.8 Å². The fourth-order valence-corrected chi connectivity index (χ4v) is 8.57. The van der Waals surface area contributed by atoms with Gasteiger partial charge in [0.15, 0.2) is 0 Å². The number of hydrogen-bond acceptors (Lipinski definition) is 3. The van der Waals surface area contributed by atoms with Crippen molar-refractivity contribution in [1.29, 1.82) is 0 Å². The Morgan fingerprint density at radius 1 is 0.906 bits per heavy atom. The monoisotopic (exact) mass is 444 g/mol. The summed E-state index contributed by atoms with van der Waals surface area (Å²) in [6.07, 6.45) is 19.6. The predicted molar refractivity (Wildman–Crippen MR) is 129 cm³/mol. The van der Waals surface area contributed by atoms with Crippen LogP contribution in [0.1, 0.15) is 130 Å². The molecular weight excluding hydrogens is 396 g/mol. The highest BCUT2D eigenvalue weighted by atomic mass is 16.5. The molecular formula is C29H48O3. The second kappa shape index (κ2) is 10.2. The molecule has 4 aliphatic carbocycles. The molecule has 4 aliphatic rings. The van der Waals surface area contributed by atoms with Crippen LogP contribution in [0.15, 0.2) is 0 Å². The Labute approximate surface area is 196 Å². The standard InChI is InChI=1S/C29H48O3/c1-4-5-6-7-8-9-10-11-27(31)32-22-16-18-28(2)21(20-22)12-13-23-24-14-15-26(30)29(24,3)19-17-25(23)28/h21-25H,4-20H2,1-3H3/t21-,22+,23+,24+,25-,28-,29-/m0/s1. The smallest absolute Gasteiger partial charge is 0.306 e. The van der Waals surface area contributed by atoms with Gasteiger partial charge in [0.2, 0.25) is 0 Å². The van der Waals surface area contributed by atoms with E-state index < -0.39 is 0 Å². The zero-order valence-corrected chi connectivity index (χ0v) is 21.1. The highest BCUT2D eigenvalue weighted by Gasteiger charge is 2.60. The van der Waals surface area contributed by atoms with Crippen molar-refractivity contribution < 1.29 is 14.3 Å². The molecule has 0 saturated heterocycles. The Bertz CT molecular complexity index is 671. The number of unbranched alkanes of at least 4 members (excludes halogenated alkanes) is 6. The van der Waals surface area contributed by atoms with Gasteiger partial charge in [-0.1, -0.05) is 59.3 Å². The Morgan fingerprint density at radius 3 is 2.44 bits per heavy atom. The fourth-order valence-electron chi connectivity index (χ4n) is 8.57. The first-order valence-electron chi connectivity index (χ1n) is 14.1. The van der Waals surface area contributed by atoms with Gasteiger partial charge in [0.25, 0.3) is 0 Å². The van der Waals surface area contributed by atoms with Gasteiger partial charge in [-0.15, -0.1) is 0 Å². The molecule has 0 aromatic carbocycles. The van der Waals surface area contributed by atoms with Crippen molar-refractivity contribution in [2.45, 2.75) is 136 Å². The minimum absolute atomic E-state index is 0.0207. The number of ether oxygens (including phenoxy) is 1. The van der Waals surface area contributed by atoms with Crippen LogP contribution in [0.3, 0.4) is 0 Å². The van der Waals surface area contributed by atoms with Crippen molar-refractivity contribution >= 4 is 11.8 Å². The maximum atomic E-state index is 12.6. The van der Waals surface area contributed by atoms with E-state index in [9.17, 15) is 9.59 Å². The van der Waals surface area contributed by atoms with E-state index in [-0.39, 0.29) is 17.5 Å². The summed E-state index contributed by atoms with van der Waals surface area (Å²) in [7, 11) is 0. The first-order chi connectivity index (χ1) is 15.4. The summed E-state index contributed by atoms with van der Waals surface area (Å²) in [5.41, 5.74) is 0.365. The van der Waals surface area contributed by atoms with Gasteiger partial charge < -0.3 is 4.74 Å². The fraction of sp³-hybridized carbons (Fsp3) is 0.931. The van der Waals surface area contributed by atoms with Crippen LogP contribution in [0.5, 0.6) is 0 Å². The molecule has 0 aliphatic heterocycles. The number of Topliss-reactive ketones (excluding diaryl/α,β-unsaturated/α-hetero) is 1. The van der Waals surface area contributed by atoms with E-state index in [0.717, 1.165) is 56.8 Å². The van der Waals surface area contributed by atoms with E-state index in [1.54, 1.807) is 0 Å². The van der Waals surface area contributed by atoms with Crippen molar-refractivity contribution in [3.8, 4) is 0 Å². The molecule has 0 spiro atoms. The number of rotatable bonds is 9. The van der Waals surface area contributed by atoms with Gasteiger partial charge in [-0.3, -0.25) is 9.59 Å². The number of hydrogen-bond donors (Lipinski definition) is 0. The zero-order valence-electron chi connectivity index (χ0n) is 21.1. The molecule has 0 aromatic rings. The quantitative estimate of drug-likeness (QED) is 0.271. The minimum Gasteiger partial charge on any atom is -0.462 e. The van der Waals surface area contributed by atoms with Gasteiger partial charge in [-0.25, -0.2) is 0 Å². The summed E-state index contributed by atoms with van der Waals surface area (Å²) in [5.74, 6) is 3.43. The average Bonchev–Trinajstić information content (AvgIpc) is 3.08. The highest BCUT2D eigenvalue weighted by molar-refractivity contribution is 5.87. The van der Waals surface area contributed by atoms with Crippen molar-refractivity contribution in [2.24, 2.45) is 34.5 Å². The molecule has 4 fully saturated rings. The van der Waals surface area contributed by atoms with Crippen LogP contribution in [-0.4, -0.2) is 17.9 Å². The molecule has 0 amide bonds. The molecule has 182 valence electrons.